The first-order valence-corrected chi connectivity index (χ1v) is 9.82. The van der Waals surface area contributed by atoms with Crippen LogP contribution in [0, 0.1) is 5.82 Å². The molecule has 0 spiro atoms. The number of piperidine rings is 1. The van der Waals surface area contributed by atoms with E-state index in [0.717, 1.165) is 18.2 Å². The van der Waals surface area contributed by atoms with E-state index in [9.17, 15) is 17.6 Å². The molecular weight excluding hydrogens is 393 g/mol. The molecule has 0 saturated carbocycles. The summed E-state index contributed by atoms with van der Waals surface area (Å²) in [6.07, 6.45) is 2.16. The molecule has 1 fully saturated rings. The van der Waals surface area contributed by atoms with Gasteiger partial charge in [0, 0.05) is 18.8 Å². The van der Waals surface area contributed by atoms with Crippen molar-refractivity contribution in [2.24, 2.45) is 0 Å². The average Bonchev–Trinajstić information content (AvgIpc) is 2.68. The number of methoxy groups -OCH3 is 1. The van der Waals surface area contributed by atoms with Gasteiger partial charge in [0.15, 0.2) is 0 Å². The monoisotopic (exact) mass is 411 g/mol. The van der Waals surface area contributed by atoms with Crippen molar-refractivity contribution in [3.05, 3.63) is 41.8 Å². The molecule has 3 rings (SSSR count). The maximum absolute atomic E-state index is 13.6. The van der Waals surface area contributed by atoms with Crippen LogP contribution in [-0.4, -0.2) is 60.1 Å². The third kappa shape index (κ3) is 4.20. The molecule has 150 valence electrons. The van der Waals surface area contributed by atoms with Crippen LogP contribution >= 0.6 is 0 Å². The van der Waals surface area contributed by atoms with Crippen LogP contribution < -0.4 is 9.47 Å². The Morgan fingerprint density at radius 2 is 2.14 bits per heavy atom. The highest BCUT2D eigenvalue weighted by Gasteiger charge is 2.32. The number of aromatic carboxylic acids is 1. The van der Waals surface area contributed by atoms with E-state index in [1.54, 1.807) is 0 Å². The van der Waals surface area contributed by atoms with Crippen molar-refractivity contribution in [2.75, 3.05) is 20.2 Å². The summed E-state index contributed by atoms with van der Waals surface area (Å²) in [5, 5.41) is 9.02. The highest BCUT2D eigenvalue weighted by molar-refractivity contribution is 7.89. The lowest BCUT2D eigenvalue weighted by Gasteiger charge is -2.31. The number of nitrogens with zero attached hydrogens (tertiary/aromatic N) is 3. The molecule has 1 saturated heterocycles. The molecular formula is C17H18FN3O6S. The van der Waals surface area contributed by atoms with E-state index in [1.807, 2.05) is 0 Å². The van der Waals surface area contributed by atoms with Gasteiger partial charge < -0.3 is 14.6 Å². The Balaban J connectivity index is 1.79. The molecule has 2 aromatic rings. The minimum absolute atomic E-state index is 0.0500. The summed E-state index contributed by atoms with van der Waals surface area (Å²) >= 11 is 0. The predicted octanol–water partition coefficient (Wildman–Crippen LogP) is 1.55. The molecule has 1 unspecified atom stereocenters. The summed E-state index contributed by atoms with van der Waals surface area (Å²) in [5.74, 6) is -2.28. The van der Waals surface area contributed by atoms with Crippen LogP contribution in [0.5, 0.6) is 11.9 Å². The van der Waals surface area contributed by atoms with Crippen LogP contribution in [0.25, 0.3) is 0 Å². The van der Waals surface area contributed by atoms with Gasteiger partial charge in [0.1, 0.15) is 11.9 Å². The van der Waals surface area contributed by atoms with Gasteiger partial charge in [0.25, 0.3) is 0 Å². The fourth-order valence-electron chi connectivity index (χ4n) is 2.86. The standard InChI is InChI=1S/C17H18FN3O6S/c1-26-17-19-7-6-15(20-17)27-11-3-2-8-21(10-11)28(24,25)12-4-5-14(18)13(9-12)16(22)23/h4-7,9,11H,2-3,8,10H2,1H3,(H,22,23). The van der Waals surface area contributed by atoms with Crippen LogP contribution in [0.15, 0.2) is 35.4 Å². The van der Waals surface area contributed by atoms with Crippen LogP contribution in [0.3, 0.4) is 0 Å². The zero-order valence-corrected chi connectivity index (χ0v) is 15.7. The van der Waals surface area contributed by atoms with Gasteiger partial charge in [0.05, 0.1) is 24.1 Å². The summed E-state index contributed by atoms with van der Waals surface area (Å²) in [6.45, 7) is 0.295. The molecule has 11 heteroatoms. The van der Waals surface area contributed by atoms with Gasteiger partial charge in [-0.05, 0) is 31.0 Å². The zero-order valence-electron chi connectivity index (χ0n) is 14.9. The fraction of sp³-hybridized carbons (Fsp3) is 0.353. The second-order valence-corrected chi connectivity index (χ2v) is 8.01. The van der Waals surface area contributed by atoms with Crippen molar-refractivity contribution in [3.8, 4) is 11.9 Å². The number of carboxylic acid groups (broad SMARTS) is 1. The highest BCUT2D eigenvalue weighted by atomic mass is 32.2. The fourth-order valence-corrected chi connectivity index (χ4v) is 4.39. The minimum Gasteiger partial charge on any atom is -0.478 e. The Labute approximate surface area is 160 Å². The first-order chi connectivity index (χ1) is 13.3. The van der Waals surface area contributed by atoms with E-state index >= 15 is 0 Å². The van der Waals surface area contributed by atoms with Crippen molar-refractivity contribution in [3.63, 3.8) is 0 Å². The van der Waals surface area contributed by atoms with Gasteiger partial charge >= 0.3 is 12.0 Å². The van der Waals surface area contributed by atoms with Gasteiger partial charge in [-0.3, -0.25) is 0 Å². The number of carboxylic acids is 1. The van der Waals surface area contributed by atoms with Gasteiger partial charge in [-0.25, -0.2) is 22.6 Å². The van der Waals surface area contributed by atoms with Crippen molar-refractivity contribution < 1.29 is 32.2 Å². The number of halogens is 1. The number of rotatable bonds is 6. The van der Waals surface area contributed by atoms with Gasteiger partial charge in [-0.15, -0.1) is 0 Å². The van der Waals surface area contributed by atoms with E-state index in [-0.39, 0.29) is 29.9 Å². The summed E-state index contributed by atoms with van der Waals surface area (Å²) in [5.41, 5.74) is -0.695. The zero-order chi connectivity index (χ0) is 20.3. The molecule has 0 radical (unpaired) electrons. The molecule has 1 N–H and O–H groups in total. The molecule has 9 nitrogen and oxygen atoms in total. The van der Waals surface area contributed by atoms with E-state index < -0.39 is 33.5 Å². The largest absolute Gasteiger partial charge is 0.478 e. The van der Waals surface area contributed by atoms with Gasteiger partial charge in [0.2, 0.25) is 15.9 Å². The van der Waals surface area contributed by atoms with Crippen LogP contribution in [0.2, 0.25) is 0 Å². The number of aromatic nitrogens is 2. The molecule has 0 bridgehead atoms. The summed E-state index contributed by atoms with van der Waals surface area (Å²) in [7, 11) is -2.59. The lowest BCUT2D eigenvalue weighted by molar-refractivity contribution is 0.0691. The quantitative estimate of drug-likeness (QED) is 0.761. The summed E-state index contributed by atoms with van der Waals surface area (Å²) in [4.78, 5) is 18.7. The molecule has 1 aromatic heterocycles. The Morgan fingerprint density at radius 3 is 2.86 bits per heavy atom. The Morgan fingerprint density at radius 1 is 1.36 bits per heavy atom. The number of hydrogen-bond donors (Lipinski definition) is 1. The summed E-state index contributed by atoms with van der Waals surface area (Å²) in [6, 6.07) is 4.38. The normalized spacial score (nSPS) is 17.9. The van der Waals surface area contributed by atoms with E-state index in [1.165, 1.54) is 23.7 Å². The molecule has 1 aromatic carbocycles. The molecule has 2 heterocycles. The average molecular weight is 411 g/mol. The SMILES string of the molecule is COc1nccc(OC2CCCN(S(=O)(=O)c3ccc(F)c(C(=O)O)c3)C2)n1. The van der Waals surface area contributed by atoms with Crippen LogP contribution in [0.1, 0.15) is 23.2 Å². The lowest BCUT2D eigenvalue weighted by Crippen LogP contribution is -2.44. The second kappa shape index (κ2) is 8.07. The smallest absolute Gasteiger partial charge is 0.338 e. The van der Waals surface area contributed by atoms with Crippen LogP contribution in [0.4, 0.5) is 4.39 Å². The third-order valence-corrected chi connectivity index (χ3v) is 6.09. The number of hydrogen-bond acceptors (Lipinski definition) is 7. The Bertz CT molecular complexity index is 985. The molecule has 1 atom stereocenters. The lowest BCUT2D eigenvalue weighted by atomic mass is 10.1. The maximum Gasteiger partial charge on any atom is 0.338 e. The minimum atomic E-state index is -4.01. The van der Waals surface area contributed by atoms with Crippen molar-refractivity contribution >= 4 is 16.0 Å². The molecule has 1 aliphatic heterocycles. The highest BCUT2D eigenvalue weighted by Crippen LogP contribution is 2.25. The topological polar surface area (TPSA) is 119 Å². The predicted molar refractivity (Wildman–Crippen MR) is 94.4 cm³/mol. The molecule has 28 heavy (non-hydrogen) atoms. The maximum atomic E-state index is 13.6. The first-order valence-electron chi connectivity index (χ1n) is 8.38. The van der Waals surface area contributed by atoms with Crippen molar-refractivity contribution in [2.45, 2.75) is 23.8 Å². The first kappa shape index (κ1) is 20.0. The number of carbonyl (C=O) groups is 1. The van der Waals surface area contributed by atoms with Crippen molar-refractivity contribution in [1.29, 1.82) is 0 Å². The van der Waals surface area contributed by atoms with E-state index in [2.05, 4.69) is 9.97 Å². The third-order valence-electron chi connectivity index (χ3n) is 4.22. The summed E-state index contributed by atoms with van der Waals surface area (Å²) < 4.78 is 51.2. The van der Waals surface area contributed by atoms with Crippen LogP contribution in [-0.2, 0) is 10.0 Å². The van der Waals surface area contributed by atoms with Gasteiger partial charge in [-0.2, -0.15) is 9.29 Å². The van der Waals surface area contributed by atoms with E-state index in [4.69, 9.17) is 14.6 Å². The number of benzene rings is 1. The van der Waals surface area contributed by atoms with Crippen molar-refractivity contribution in [1.82, 2.24) is 14.3 Å². The molecule has 0 aliphatic carbocycles. The molecule has 0 amide bonds. The Hall–Kier alpha value is -2.79. The Kier molecular flexibility index (Phi) is 5.75. The molecule has 1 aliphatic rings. The second-order valence-electron chi connectivity index (χ2n) is 6.07. The number of ether oxygens (including phenoxy) is 2. The van der Waals surface area contributed by atoms with E-state index in [0.29, 0.717) is 12.8 Å². The van der Waals surface area contributed by atoms with Gasteiger partial charge in [-0.1, -0.05) is 0 Å². The number of sulfonamides is 1.